The molecule has 0 radical (unpaired) electrons. The lowest BCUT2D eigenvalue weighted by Gasteiger charge is -2.01. The van der Waals surface area contributed by atoms with Crippen molar-refractivity contribution in [2.75, 3.05) is 0 Å². The van der Waals surface area contributed by atoms with Crippen molar-refractivity contribution in [1.82, 2.24) is 15.2 Å². The van der Waals surface area contributed by atoms with Crippen molar-refractivity contribution in [2.45, 2.75) is 6.42 Å². The largest absolute Gasteiger partial charge is 0.504 e. The maximum atomic E-state index is 12.3. The molecule has 0 saturated heterocycles. The number of nitrogens with zero attached hydrogens (tertiary/aromatic N) is 2. The van der Waals surface area contributed by atoms with Gasteiger partial charge in [-0.3, -0.25) is 9.89 Å². The number of aliphatic hydroxyl groups is 1. The Morgan fingerprint density at radius 1 is 1.27 bits per heavy atom. The van der Waals surface area contributed by atoms with Crippen LogP contribution >= 0.6 is 0 Å². The zero-order valence-corrected chi connectivity index (χ0v) is 11.6. The molecule has 0 aliphatic rings. The molecule has 2 N–H and O–H groups in total. The number of aromatic nitrogens is 3. The van der Waals surface area contributed by atoms with Gasteiger partial charge in [-0.15, -0.1) is 0 Å². The quantitative estimate of drug-likeness (QED) is 0.429. The summed E-state index contributed by atoms with van der Waals surface area (Å²) in [6.45, 7) is 0. The van der Waals surface area contributed by atoms with Gasteiger partial charge >= 0.3 is 0 Å². The first-order valence-corrected chi connectivity index (χ1v) is 6.64. The lowest BCUT2D eigenvalue weighted by molar-refractivity contribution is 0.104. The average molecular weight is 295 g/mol. The van der Waals surface area contributed by atoms with Gasteiger partial charge in [-0.25, -0.2) is 4.98 Å². The van der Waals surface area contributed by atoms with Crippen LogP contribution in [-0.2, 0) is 6.42 Å². The van der Waals surface area contributed by atoms with Crippen molar-refractivity contribution in [3.63, 3.8) is 0 Å². The molecule has 3 aromatic rings. The first kappa shape index (κ1) is 13.8. The first-order valence-electron chi connectivity index (χ1n) is 6.64. The van der Waals surface area contributed by atoms with Gasteiger partial charge in [0.2, 0.25) is 5.82 Å². The summed E-state index contributed by atoms with van der Waals surface area (Å²) >= 11 is 0. The van der Waals surface area contributed by atoms with E-state index in [9.17, 15) is 9.90 Å². The van der Waals surface area contributed by atoms with Crippen molar-refractivity contribution < 1.29 is 14.3 Å². The molecule has 6 nitrogen and oxygen atoms in total. The van der Waals surface area contributed by atoms with E-state index in [4.69, 9.17) is 4.42 Å². The molecule has 0 amide bonds. The van der Waals surface area contributed by atoms with Gasteiger partial charge in [0.15, 0.2) is 11.5 Å². The third kappa shape index (κ3) is 2.95. The van der Waals surface area contributed by atoms with Crippen LogP contribution < -0.4 is 0 Å². The van der Waals surface area contributed by atoms with Gasteiger partial charge in [0.25, 0.3) is 0 Å². The van der Waals surface area contributed by atoms with E-state index in [1.54, 1.807) is 0 Å². The smallest absolute Gasteiger partial charge is 0.215 e. The Morgan fingerprint density at radius 3 is 2.82 bits per heavy atom. The fourth-order valence-electron chi connectivity index (χ4n) is 2.09. The molecule has 0 spiro atoms. The minimum atomic E-state index is -0.359. The van der Waals surface area contributed by atoms with Crippen molar-refractivity contribution in [2.24, 2.45) is 0 Å². The standard InChI is InChI=1S/C16H13N3O3/c20-14(7-15(21)16-17-10-18-19-16)13-9-22-8-12(13)6-11-4-2-1-3-5-11/h1-5,7-10,21H,6H2,(H,17,18,19). The zero-order chi connectivity index (χ0) is 15.4. The highest BCUT2D eigenvalue weighted by molar-refractivity contribution is 6.08. The van der Waals surface area contributed by atoms with Crippen LogP contribution in [0.4, 0.5) is 0 Å². The van der Waals surface area contributed by atoms with Crippen molar-refractivity contribution in [3.05, 3.63) is 77.8 Å². The predicted molar refractivity (Wildman–Crippen MR) is 79.3 cm³/mol. The highest BCUT2D eigenvalue weighted by Gasteiger charge is 2.15. The number of rotatable bonds is 5. The van der Waals surface area contributed by atoms with E-state index < -0.39 is 0 Å². The Balaban J connectivity index is 1.82. The van der Waals surface area contributed by atoms with Gasteiger partial charge in [0.1, 0.15) is 12.6 Å². The molecule has 110 valence electrons. The molecule has 2 heterocycles. The SMILES string of the molecule is O=C(C=C(O)c1nc[nH]n1)c1cocc1Cc1ccccc1. The molecule has 0 bridgehead atoms. The van der Waals surface area contributed by atoms with Crippen LogP contribution in [0.15, 0.2) is 59.7 Å². The molecule has 0 aliphatic heterocycles. The third-order valence-corrected chi connectivity index (χ3v) is 3.16. The summed E-state index contributed by atoms with van der Waals surface area (Å²) in [5.41, 5.74) is 2.24. The molecule has 6 heteroatoms. The summed E-state index contributed by atoms with van der Waals surface area (Å²) < 4.78 is 5.14. The van der Waals surface area contributed by atoms with Crippen molar-refractivity contribution >= 4 is 11.5 Å². The lowest BCUT2D eigenvalue weighted by atomic mass is 10.0. The van der Waals surface area contributed by atoms with Crippen LogP contribution in [0.3, 0.4) is 0 Å². The summed E-state index contributed by atoms with van der Waals surface area (Å²) in [6, 6.07) is 9.75. The maximum Gasteiger partial charge on any atom is 0.215 e. The van der Waals surface area contributed by atoms with Gasteiger partial charge in [-0.1, -0.05) is 30.3 Å². The number of H-pyrrole nitrogens is 1. The number of carbonyl (C=O) groups is 1. The number of furan rings is 1. The van der Waals surface area contributed by atoms with E-state index in [2.05, 4.69) is 15.2 Å². The number of carbonyl (C=O) groups excluding carboxylic acids is 1. The minimum absolute atomic E-state index is 0.0708. The van der Waals surface area contributed by atoms with Gasteiger partial charge in [-0.05, 0) is 5.56 Å². The van der Waals surface area contributed by atoms with Crippen LogP contribution in [0.2, 0.25) is 0 Å². The molecule has 0 saturated carbocycles. The monoisotopic (exact) mass is 295 g/mol. The van der Waals surface area contributed by atoms with Gasteiger partial charge in [-0.2, -0.15) is 5.10 Å². The normalized spacial score (nSPS) is 11.5. The second kappa shape index (κ2) is 6.09. The predicted octanol–water partition coefficient (Wildman–Crippen LogP) is 2.77. The molecule has 22 heavy (non-hydrogen) atoms. The van der Waals surface area contributed by atoms with Crippen LogP contribution in [-0.4, -0.2) is 26.1 Å². The molecule has 0 fully saturated rings. The second-order valence-corrected chi connectivity index (χ2v) is 4.69. The molecular weight excluding hydrogens is 282 g/mol. The van der Waals surface area contributed by atoms with Gasteiger partial charge in [0, 0.05) is 18.1 Å². The molecule has 0 unspecified atom stereocenters. The van der Waals surface area contributed by atoms with Crippen LogP contribution in [0.1, 0.15) is 27.3 Å². The Hall–Kier alpha value is -3.15. The molecular formula is C16H13N3O3. The number of ketones is 1. The number of allylic oxidation sites excluding steroid dienone is 1. The first-order chi connectivity index (χ1) is 10.7. The number of hydrogen-bond acceptors (Lipinski definition) is 5. The summed E-state index contributed by atoms with van der Waals surface area (Å²) in [6.07, 6.45) is 5.90. The molecule has 1 aromatic carbocycles. The zero-order valence-electron chi connectivity index (χ0n) is 11.6. The fourth-order valence-corrected chi connectivity index (χ4v) is 2.09. The number of aromatic amines is 1. The Morgan fingerprint density at radius 2 is 2.09 bits per heavy atom. The average Bonchev–Trinajstić information content (AvgIpc) is 3.19. The van der Waals surface area contributed by atoms with E-state index >= 15 is 0 Å². The number of hydrogen-bond donors (Lipinski definition) is 2. The van der Waals surface area contributed by atoms with E-state index in [0.29, 0.717) is 12.0 Å². The maximum absolute atomic E-state index is 12.3. The molecule has 3 rings (SSSR count). The van der Waals surface area contributed by atoms with E-state index in [0.717, 1.165) is 17.2 Å². The minimum Gasteiger partial charge on any atom is -0.504 e. The Bertz CT molecular complexity index is 789. The van der Waals surface area contributed by atoms with Crippen LogP contribution in [0.5, 0.6) is 0 Å². The lowest BCUT2D eigenvalue weighted by Crippen LogP contribution is -2.00. The topological polar surface area (TPSA) is 92.0 Å². The fraction of sp³-hybridized carbons (Fsp3) is 0.0625. The Labute approximate surface area is 126 Å². The van der Waals surface area contributed by atoms with E-state index in [-0.39, 0.29) is 17.4 Å². The summed E-state index contributed by atoms with van der Waals surface area (Å²) in [4.78, 5) is 16.0. The van der Waals surface area contributed by atoms with Crippen LogP contribution in [0.25, 0.3) is 5.76 Å². The molecule has 2 aromatic heterocycles. The number of nitrogens with one attached hydrogen (secondary N) is 1. The van der Waals surface area contributed by atoms with Gasteiger partial charge < -0.3 is 9.52 Å². The third-order valence-electron chi connectivity index (χ3n) is 3.16. The summed E-state index contributed by atoms with van der Waals surface area (Å²) in [7, 11) is 0. The van der Waals surface area contributed by atoms with Gasteiger partial charge in [0.05, 0.1) is 11.8 Å². The second-order valence-electron chi connectivity index (χ2n) is 4.69. The number of aliphatic hydroxyl groups excluding tert-OH is 1. The number of benzene rings is 1. The van der Waals surface area contributed by atoms with Crippen molar-refractivity contribution in [1.29, 1.82) is 0 Å². The van der Waals surface area contributed by atoms with Crippen LogP contribution in [0, 0.1) is 0 Å². The highest BCUT2D eigenvalue weighted by Crippen LogP contribution is 2.18. The summed E-state index contributed by atoms with van der Waals surface area (Å²) in [5, 5.41) is 16.0. The van der Waals surface area contributed by atoms with E-state index in [1.165, 1.54) is 18.9 Å². The molecule has 0 atom stereocenters. The van der Waals surface area contributed by atoms with E-state index in [1.807, 2.05) is 30.3 Å². The van der Waals surface area contributed by atoms with Crippen molar-refractivity contribution in [3.8, 4) is 0 Å². The molecule has 0 aliphatic carbocycles. The summed E-state index contributed by atoms with van der Waals surface area (Å²) in [5.74, 6) is -0.582. The Kier molecular flexibility index (Phi) is 3.82. The highest BCUT2D eigenvalue weighted by atomic mass is 16.3.